The summed E-state index contributed by atoms with van der Waals surface area (Å²) in [5.41, 5.74) is 0. The maximum atomic E-state index is 12.3. The van der Waals surface area contributed by atoms with E-state index in [1.54, 1.807) is 11.3 Å². The summed E-state index contributed by atoms with van der Waals surface area (Å²) >= 11 is 1.80. The predicted molar refractivity (Wildman–Crippen MR) is 86.5 cm³/mol. The zero-order valence-corrected chi connectivity index (χ0v) is 13.3. The Bertz CT molecular complexity index is 436. The summed E-state index contributed by atoms with van der Waals surface area (Å²) < 4.78 is 0. The van der Waals surface area contributed by atoms with E-state index in [0.29, 0.717) is 6.04 Å². The van der Waals surface area contributed by atoms with Gasteiger partial charge in [0, 0.05) is 11.4 Å². The van der Waals surface area contributed by atoms with Crippen LogP contribution < -0.4 is 10.6 Å². The molecule has 2 atom stereocenters. The minimum Gasteiger partial charge on any atom is -0.353 e. The Balaban J connectivity index is 1.58. The van der Waals surface area contributed by atoms with Crippen molar-refractivity contribution in [3.8, 4) is 0 Å². The number of piperidine rings is 1. The van der Waals surface area contributed by atoms with Crippen molar-refractivity contribution in [2.75, 3.05) is 26.2 Å². The van der Waals surface area contributed by atoms with E-state index in [1.807, 2.05) is 0 Å². The zero-order valence-electron chi connectivity index (χ0n) is 12.5. The standard InChI is InChI=1S/C16H25N3OS/c20-16(13-6-1-2-8-17-13)18-12-14(15-7-5-11-21-15)19-9-3-4-10-19/h5,7,11,13-14,17H,1-4,6,8-10,12H2,(H,18,20). The second kappa shape index (κ2) is 7.38. The number of carbonyl (C=O) groups is 1. The smallest absolute Gasteiger partial charge is 0.237 e. The lowest BCUT2D eigenvalue weighted by molar-refractivity contribution is -0.123. The molecule has 0 aromatic carbocycles. The molecule has 2 aliphatic rings. The van der Waals surface area contributed by atoms with E-state index in [-0.39, 0.29) is 11.9 Å². The largest absolute Gasteiger partial charge is 0.353 e. The van der Waals surface area contributed by atoms with Crippen molar-refractivity contribution >= 4 is 17.2 Å². The SMILES string of the molecule is O=C(NCC(c1cccs1)N1CCCC1)C1CCCCN1. The molecule has 3 rings (SSSR count). The molecule has 0 radical (unpaired) electrons. The van der Waals surface area contributed by atoms with E-state index in [9.17, 15) is 4.79 Å². The Kier molecular flexibility index (Phi) is 5.27. The van der Waals surface area contributed by atoms with Gasteiger partial charge in [-0.1, -0.05) is 12.5 Å². The number of thiophene rings is 1. The van der Waals surface area contributed by atoms with Gasteiger partial charge in [-0.15, -0.1) is 11.3 Å². The lowest BCUT2D eigenvalue weighted by Gasteiger charge is -2.28. The van der Waals surface area contributed by atoms with Gasteiger partial charge in [0.2, 0.25) is 5.91 Å². The van der Waals surface area contributed by atoms with Crippen molar-refractivity contribution in [3.05, 3.63) is 22.4 Å². The van der Waals surface area contributed by atoms with Crippen molar-refractivity contribution in [1.82, 2.24) is 15.5 Å². The minimum absolute atomic E-state index is 0.0151. The third-order valence-electron chi connectivity index (χ3n) is 4.55. The van der Waals surface area contributed by atoms with Crippen LogP contribution in [0.4, 0.5) is 0 Å². The first-order valence-corrected chi connectivity index (χ1v) is 9.01. The van der Waals surface area contributed by atoms with E-state index >= 15 is 0 Å². The minimum atomic E-state index is 0.0151. The molecule has 0 bridgehead atoms. The lowest BCUT2D eigenvalue weighted by atomic mass is 10.0. The zero-order chi connectivity index (χ0) is 14.5. The van der Waals surface area contributed by atoms with Crippen LogP contribution >= 0.6 is 11.3 Å². The van der Waals surface area contributed by atoms with Crippen LogP contribution in [0.15, 0.2) is 17.5 Å². The molecule has 2 fully saturated rings. The molecule has 2 aliphatic heterocycles. The number of likely N-dealkylation sites (tertiary alicyclic amines) is 1. The molecular formula is C16H25N3OS. The second-order valence-electron chi connectivity index (χ2n) is 6.02. The highest BCUT2D eigenvalue weighted by atomic mass is 32.1. The molecule has 2 saturated heterocycles. The van der Waals surface area contributed by atoms with Gasteiger partial charge in [0.05, 0.1) is 12.1 Å². The fourth-order valence-electron chi connectivity index (χ4n) is 3.34. The van der Waals surface area contributed by atoms with Crippen molar-refractivity contribution in [3.63, 3.8) is 0 Å². The number of nitrogens with zero attached hydrogens (tertiary/aromatic N) is 1. The molecule has 0 aliphatic carbocycles. The van der Waals surface area contributed by atoms with Gasteiger partial charge in [0.15, 0.2) is 0 Å². The number of hydrogen-bond donors (Lipinski definition) is 2. The van der Waals surface area contributed by atoms with E-state index in [2.05, 4.69) is 33.0 Å². The molecule has 0 spiro atoms. The fraction of sp³-hybridized carbons (Fsp3) is 0.688. The molecule has 1 amide bonds. The molecule has 4 nitrogen and oxygen atoms in total. The average Bonchev–Trinajstić information content (AvgIpc) is 3.22. The summed E-state index contributed by atoms with van der Waals surface area (Å²) in [5, 5.41) is 8.63. The van der Waals surface area contributed by atoms with Gasteiger partial charge in [-0.05, 0) is 56.8 Å². The lowest BCUT2D eigenvalue weighted by Crippen LogP contribution is -2.48. The summed E-state index contributed by atoms with van der Waals surface area (Å²) in [4.78, 5) is 16.2. The molecular weight excluding hydrogens is 282 g/mol. The molecule has 21 heavy (non-hydrogen) atoms. The van der Waals surface area contributed by atoms with Gasteiger partial charge in [-0.25, -0.2) is 0 Å². The summed E-state index contributed by atoms with van der Waals surface area (Å²) in [6, 6.07) is 4.66. The maximum absolute atomic E-state index is 12.3. The molecule has 2 unspecified atom stereocenters. The van der Waals surface area contributed by atoms with Crippen LogP contribution in [0.1, 0.15) is 43.0 Å². The van der Waals surface area contributed by atoms with Crippen LogP contribution in [0, 0.1) is 0 Å². The average molecular weight is 307 g/mol. The first-order chi connectivity index (χ1) is 10.3. The van der Waals surface area contributed by atoms with Crippen LogP contribution in [0.2, 0.25) is 0 Å². The summed E-state index contributed by atoms with van der Waals surface area (Å²) in [7, 11) is 0. The summed E-state index contributed by atoms with van der Waals surface area (Å²) in [5.74, 6) is 0.176. The van der Waals surface area contributed by atoms with Crippen molar-refractivity contribution in [2.24, 2.45) is 0 Å². The third kappa shape index (κ3) is 3.84. The van der Waals surface area contributed by atoms with E-state index in [0.717, 1.165) is 39.0 Å². The molecule has 116 valence electrons. The number of hydrogen-bond acceptors (Lipinski definition) is 4. The topological polar surface area (TPSA) is 44.4 Å². The monoisotopic (exact) mass is 307 g/mol. The maximum Gasteiger partial charge on any atom is 0.237 e. The van der Waals surface area contributed by atoms with Gasteiger partial charge < -0.3 is 10.6 Å². The second-order valence-corrected chi connectivity index (χ2v) is 7.00. The first kappa shape index (κ1) is 15.0. The highest BCUT2D eigenvalue weighted by Gasteiger charge is 2.26. The normalized spacial score (nSPS) is 24.9. The Morgan fingerprint density at radius 3 is 2.90 bits per heavy atom. The van der Waals surface area contributed by atoms with Gasteiger partial charge in [0.1, 0.15) is 0 Å². The van der Waals surface area contributed by atoms with Crippen LogP contribution in [-0.4, -0.2) is 43.0 Å². The Labute approximate surface area is 130 Å². The van der Waals surface area contributed by atoms with Crippen molar-refractivity contribution in [2.45, 2.75) is 44.2 Å². The predicted octanol–water partition coefficient (Wildman–Crippen LogP) is 2.14. The fourth-order valence-corrected chi connectivity index (χ4v) is 4.20. The first-order valence-electron chi connectivity index (χ1n) is 8.13. The molecule has 2 N–H and O–H groups in total. The van der Waals surface area contributed by atoms with Crippen LogP contribution in [0.25, 0.3) is 0 Å². The van der Waals surface area contributed by atoms with E-state index in [4.69, 9.17) is 0 Å². The Morgan fingerprint density at radius 1 is 1.38 bits per heavy atom. The summed E-state index contributed by atoms with van der Waals surface area (Å²) in [6.45, 7) is 4.01. The third-order valence-corrected chi connectivity index (χ3v) is 5.52. The van der Waals surface area contributed by atoms with Gasteiger partial charge in [-0.3, -0.25) is 9.69 Å². The Hall–Kier alpha value is -0.910. The molecule has 5 heteroatoms. The molecule has 0 saturated carbocycles. The number of amides is 1. The van der Waals surface area contributed by atoms with Crippen molar-refractivity contribution in [1.29, 1.82) is 0 Å². The Morgan fingerprint density at radius 2 is 2.24 bits per heavy atom. The van der Waals surface area contributed by atoms with Gasteiger partial charge in [-0.2, -0.15) is 0 Å². The van der Waals surface area contributed by atoms with Crippen LogP contribution in [0.5, 0.6) is 0 Å². The summed E-state index contributed by atoms with van der Waals surface area (Å²) in [6.07, 6.45) is 5.88. The van der Waals surface area contributed by atoms with Crippen LogP contribution in [-0.2, 0) is 4.79 Å². The molecule has 1 aromatic heterocycles. The van der Waals surface area contributed by atoms with Gasteiger partial charge >= 0.3 is 0 Å². The van der Waals surface area contributed by atoms with E-state index < -0.39 is 0 Å². The molecule has 1 aromatic rings. The number of rotatable bonds is 5. The molecule has 3 heterocycles. The van der Waals surface area contributed by atoms with E-state index in [1.165, 1.54) is 24.1 Å². The quantitative estimate of drug-likeness (QED) is 0.876. The highest BCUT2D eigenvalue weighted by molar-refractivity contribution is 7.10. The number of carbonyl (C=O) groups excluding carboxylic acids is 1. The van der Waals surface area contributed by atoms with Crippen molar-refractivity contribution < 1.29 is 4.79 Å². The highest BCUT2D eigenvalue weighted by Crippen LogP contribution is 2.27. The number of nitrogens with one attached hydrogen (secondary N) is 2. The van der Waals surface area contributed by atoms with Crippen LogP contribution in [0.3, 0.4) is 0 Å². The van der Waals surface area contributed by atoms with Gasteiger partial charge in [0.25, 0.3) is 0 Å².